The predicted octanol–water partition coefficient (Wildman–Crippen LogP) is 3.57. The molecule has 0 heterocycles. The van der Waals surface area contributed by atoms with Crippen LogP contribution in [0.3, 0.4) is 0 Å². The molecule has 1 amide bonds. The van der Waals surface area contributed by atoms with Crippen LogP contribution in [0.2, 0.25) is 5.02 Å². The van der Waals surface area contributed by atoms with Crippen molar-refractivity contribution < 1.29 is 17.9 Å². The van der Waals surface area contributed by atoms with Gasteiger partial charge in [-0.15, -0.1) is 11.8 Å². The summed E-state index contributed by atoms with van der Waals surface area (Å²) in [5.74, 6) is -0.114. The Bertz CT molecular complexity index is 930. The minimum Gasteiger partial charge on any atom is -0.495 e. The molecule has 0 aliphatic rings. The molecule has 2 aromatic rings. The van der Waals surface area contributed by atoms with E-state index in [0.717, 1.165) is 9.20 Å². The first kappa shape index (κ1) is 20.6. The summed E-state index contributed by atoms with van der Waals surface area (Å²) in [7, 11) is 0.662. The van der Waals surface area contributed by atoms with Crippen molar-refractivity contribution in [3.8, 4) is 5.75 Å². The van der Waals surface area contributed by atoms with Crippen LogP contribution in [0, 0.1) is 0 Å². The van der Waals surface area contributed by atoms with Gasteiger partial charge in [-0.05, 0) is 42.7 Å². The van der Waals surface area contributed by atoms with Gasteiger partial charge in [0.2, 0.25) is 10.0 Å². The molecule has 0 spiro atoms. The zero-order valence-corrected chi connectivity index (χ0v) is 17.1. The Morgan fingerprint density at radius 3 is 2.46 bits per heavy atom. The van der Waals surface area contributed by atoms with Crippen molar-refractivity contribution in [2.75, 3.05) is 32.8 Å². The van der Waals surface area contributed by atoms with Crippen LogP contribution in [0.25, 0.3) is 0 Å². The minimum absolute atomic E-state index is 0.0440. The third kappa shape index (κ3) is 4.32. The van der Waals surface area contributed by atoms with Gasteiger partial charge in [0.05, 0.1) is 28.3 Å². The molecule has 0 fully saturated rings. The number of carbonyl (C=O) groups is 1. The number of anilines is 1. The second-order valence-electron chi connectivity index (χ2n) is 5.45. The standard InChI is InChI=1S/C17H19ClN2O4S2/c1-20(2)26(22,23)12-6-8-16(24-3)15(10-12)19-17(21)13-9-11(25-4)5-7-14(13)18/h5-10H,1-4H3,(H,19,21). The Labute approximate surface area is 162 Å². The highest BCUT2D eigenvalue weighted by atomic mass is 35.5. The molecule has 1 N–H and O–H groups in total. The lowest BCUT2D eigenvalue weighted by molar-refractivity contribution is 0.102. The Hall–Kier alpha value is -1.74. The monoisotopic (exact) mass is 414 g/mol. The molecule has 2 aromatic carbocycles. The van der Waals surface area contributed by atoms with E-state index in [9.17, 15) is 13.2 Å². The Balaban J connectivity index is 2.44. The fraction of sp³-hybridized carbons (Fsp3) is 0.235. The minimum atomic E-state index is -3.65. The zero-order chi connectivity index (χ0) is 19.5. The second-order valence-corrected chi connectivity index (χ2v) is 8.89. The molecule has 0 bridgehead atoms. The van der Waals surface area contributed by atoms with E-state index in [1.54, 1.807) is 12.1 Å². The predicted molar refractivity (Wildman–Crippen MR) is 105 cm³/mol. The zero-order valence-electron chi connectivity index (χ0n) is 14.7. The molecule has 0 radical (unpaired) electrons. The summed E-state index contributed by atoms with van der Waals surface area (Å²) in [6.07, 6.45) is 1.89. The van der Waals surface area contributed by atoms with Crippen LogP contribution >= 0.6 is 23.4 Å². The first-order chi connectivity index (χ1) is 12.2. The molecule has 140 valence electrons. The van der Waals surface area contributed by atoms with Gasteiger partial charge in [0.25, 0.3) is 5.91 Å². The van der Waals surface area contributed by atoms with Gasteiger partial charge >= 0.3 is 0 Å². The number of ether oxygens (including phenoxy) is 1. The van der Waals surface area contributed by atoms with Gasteiger partial charge in [-0.25, -0.2) is 12.7 Å². The van der Waals surface area contributed by atoms with E-state index in [1.807, 2.05) is 12.3 Å². The maximum absolute atomic E-state index is 12.6. The number of carbonyl (C=O) groups excluding carboxylic acids is 1. The van der Waals surface area contributed by atoms with Crippen molar-refractivity contribution in [3.63, 3.8) is 0 Å². The summed E-state index contributed by atoms with van der Waals surface area (Å²) in [5, 5.41) is 2.98. The summed E-state index contributed by atoms with van der Waals surface area (Å²) in [4.78, 5) is 13.6. The third-order valence-corrected chi connectivity index (χ3v) is 6.48. The Morgan fingerprint density at radius 1 is 1.19 bits per heavy atom. The number of amides is 1. The van der Waals surface area contributed by atoms with Gasteiger partial charge in [0.15, 0.2) is 0 Å². The van der Waals surface area contributed by atoms with E-state index in [1.165, 1.54) is 51.2 Å². The van der Waals surface area contributed by atoms with Gasteiger partial charge in [-0.2, -0.15) is 0 Å². The molecule has 26 heavy (non-hydrogen) atoms. The third-order valence-electron chi connectivity index (χ3n) is 3.62. The number of sulfonamides is 1. The Kier molecular flexibility index (Phi) is 6.57. The van der Waals surface area contributed by atoms with E-state index in [2.05, 4.69) is 5.32 Å². The van der Waals surface area contributed by atoms with Crippen molar-refractivity contribution in [1.29, 1.82) is 0 Å². The van der Waals surface area contributed by atoms with Gasteiger partial charge in [0.1, 0.15) is 5.75 Å². The van der Waals surface area contributed by atoms with Gasteiger partial charge < -0.3 is 10.1 Å². The van der Waals surface area contributed by atoms with Crippen molar-refractivity contribution in [2.24, 2.45) is 0 Å². The van der Waals surface area contributed by atoms with E-state index < -0.39 is 15.9 Å². The summed E-state index contributed by atoms with van der Waals surface area (Å²) in [6.45, 7) is 0. The molecule has 2 rings (SSSR count). The van der Waals surface area contributed by atoms with Crippen molar-refractivity contribution in [3.05, 3.63) is 47.0 Å². The highest BCUT2D eigenvalue weighted by Crippen LogP contribution is 2.30. The largest absolute Gasteiger partial charge is 0.495 e. The highest BCUT2D eigenvalue weighted by molar-refractivity contribution is 7.98. The van der Waals surface area contributed by atoms with Gasteiger partial charge in [0, 0.05) is 19.0 Å². The fourth-order valence-corrected chi connectivity index (χ4v) is 3.72. The van der Waals surface area contributed by atoms with Gasteiger partial charge in [-0.1, -0.05) is 11.6 Å². The quantitative estimate of drug-likeness (QED) is 0.731. The molecule has 0 unspecified atom stereocenters. The van der Waals surface area contributed by atoms with Crippen LogP contribution < -0.4 is 10.1 Å². The van der Waals surface area contributed by atoms with Crippen molar-refractivity contribution in [1.82, 2.24) is 4.31 Å². The number of rotatable bonds is 6. The van der Waals surface area contributed by atoms with Gasteiger partial charge in [-0.3, -0.25) is 4.79 Å². The molecule has 0 atom stereocenters. The summed E-state index contributed by atoms with van der Waals surface area (Å²) >= 11 is 7.61. The first-order valence-corrected chi connectivity index (χ1v) is 10.5. The number of nitrogens with zero attached hydrogens (tertiary/aromatic N) is 1. The SMILES string of the molecule is COc1ccc(S(=O)(=O)N(C)C)cc1NC(=O)c1cc(SC)ccc1Cl. The number of halogens is 1. The number of thioether (sulfide) groups is 1. The lowest BCUT2D eigenvalue weighted by atomic mass is 10.2. The van der Waals surface area contributed by atoms with E-state index in [-0.39, 0.29) is 10.6 Å². The smallest absolute Gasteiger partial charge is 0.257 e. The summed E-state index contributed by atoms with van der Waals surface area (Å²) < 4.78 is 31.0. The lowest BCUT2D eigenvalue weighted by Crippen LogP contribution is -2.22. The van der Waals surface area contributed by atoms with Crippen LogP contribution in [0.1, 0.15) is 10.4 Å². The van der Waals surface area contributed by atoms with E-state index >= 15 is 0 Å². The molecular weight excluding hydrogens is 396 g/mol. The average molecular weight is 415 g/mol. The second kappa shape index (κ2) is 8.30. The van der Waals surface area contributed by atoms with Crippen LogP contribution in [0.4, 0.5) is 5.69 Å². The first-order valence-electron chi connectivity index (χ1n) is 7.46. The maximum Gasteiger partial charge on any atom is 0.257 e. The van der Waals surface area contributed by atoms with Crippen molar-refractivity contribution in [2.45, 2.75) is 9.79 Å². The fourth-order valence-electron chi connectivity index (χ4n) is 2.15. The van der Waals surface area contributed by atoms with Crippen molar-refractivity contribution >= 4 is 45.0 Å². The molecule has 6 nitrogen and oxygen atoms in total. The maximum atomic E-state index is 12.6. The molecule has 0 aliphatic carbocycles. The highest BCUT2D eigenvalue weighted by Gasteiger charge is 2.20. The van der Waals surface area contributed by atoms with E-state index in [4.69, 9.17) is 16.3 Å². The molecular formula is C17H19ClN2O4S2. The molecule has 9 heteroatoms. The van der Waals surface area contributed by atoms with E-state index in [0.29, 0.717) is 16.3 Å². The molecule has 0 saturated heterocycles. The van der Waals surface area contributed by atoms with Crippen LogP contribution in [0.5, 0.6) is 5.75 Å². The topological polar surface area (TPSA) is 75.7 Å². The molecule has 0 aromatic heterocycles. The van der Waals surface area contributed by atoms with Crippen LogP contribution in [0.15, 0.2) is 46.2 Å². The number of nitrogens with one attached hydrogen (secondary N) is 1. The van der Waals surface area contributed by atoms with Crippen LogP contribution in [-0.2, 0) is 10.0 Å². The number of hydrogen-bond donors (Lipinski definition) is 1. The number of methoxy groups -OCH3 is 1. The summed E-state index contributed by atoms with van der Waals surface area (Å²) in [5.41, 5.74) is 0.535. The number of hydrogen-bond acceptors (Lipinski definition) is 5. The summed E-state index contributed by atoms with van der Waals surface area (Å²) in [6, 6.07) is 9.41. The number of benzene rings is 2. The Morgan fingerprint density at radius 2 is 1.88 bits per heavy atom. The normalized spacial score (nSPS) is 11.5. The van der Waals surface area contributed by atoms with Crippen LogP contribution in [-0.4, -0.2) is 46.1 Å². The molecule has 0 saturated carbocycles. The lowest BCUT2D eigenvalue weighted by Gasteiger charge is -2.15. The molecule has 0 aliphatic heterocycles. The average Bonchev–Trinajstić information content (AvgIpc) is 2.61.